The first-order valence-electron chi connectivity index (χ1n) is 8.71. The lowest BCUT2D eigenvalue weighted by Gasteiger charge is -2.16. The molecule has 0 aliphatic heterocycles. The molecule has 0 spiro atoms. The van der Waals surface area contributed by atoms with Crippen molar-refractivity contribution in [1.82, 2.24) is 0 Å². The predicted octanol–water partition coefficient (Wildman–Crippen LogP) is 4.84. The number of benzene rings is 2. The number of aromatic carboxylic acids is 1. The Morgan fingerprint density at radius 1 is 1.00 bits per heavy atom. The van der Waals surface area contributed by atoms with Gasteiger partial charge < -0.3 is 15.3 Å². The minimum absolute atomic E-state index is 0.243. The zero-order chi connectivity index (χ0) is 19.4. The van der Waals surface area contributed by atoms with Crippen LogP contribution < -0.4 is 0 Å². The Morgan fingerprint density at radius 2 is 1.62 bits per heavy atom. The van der Waals surface area contributed by atoms with E-state index in [-0.39, 0.29) is 11.5 Å². The predicted molar refractivity (Wildman–Crippen MR) is 103 cm³/mol. The van der Waals surface area contributed by atoms with E-state index in [0.717, 1.165) is 28.7 Å². The molecule has 0 unspecified atom stereocenters. The number of carbonyl (C=O) groups is 1. The Bertz CT molecular complexity index is 834. The van der Waals surface area contributed by atoms with Crippen LogP contribution in [0, 0.1) is 20.8 Å². The van der Waals surface area contributed by atoms with Crippen molar-refractivity contribution in [2.75, 3.05) is 0 Å². The molecule has 0 aromatic heterocycles. The highest BCUT2D eigenvalue weighted by Crippen LogP contribution is 2.37. The summed E-state index contributed by atoms with van der Waals surface area (Å²) in [5.41, 5.74) is 5.12. The second kappa shape index (κ2) is 8.09. The van der Waals surface area contributed by atoms with E-state index in [1.807, 2.05) is 32.1 Å². The average Bonchev–Trinajstić information content (AvgIpc) is 2.63. The van der Waals surface area contributed by atoms with Gasteiger partial charge in [-0.25, -0.2) is 4.79 Å². The Hall–Kier alpha value is -2.75. The van der Waals surface area contributed by atoms with Gasteiger partial charge in [0.15, 0.2) is 0 Å². The van der Waals surface area contributed by atoms with Crippen molar-refractivity contribution in [2.45, 2.75) is 47.0 Å². The first kappa shape index (κ1) is 19.6. The van der Waals surface area contributed by atoms with Gasteiger partial charge in [-0.3, -0.25) is 0 Å². The second-order valence-electron chi connectivity index (χ2n) is 6.77. The first-order valence-corrected chi connectivity index (χ1v) is 8.71. The summed E-state index contributed by atoms with van der Waals surface area (Å²) in [6.45, 7) is 7.42. The van der Waals surface area contributed by atoms with E-state index in [2.05, 4.69) is 0 Å². The van der Waals surface area contributed by atoms with Crippen LogP contribution in [0.5, 0.6) is 11.5 Å². The third-order valence-corrected chi connectivity index (χ3v) is 5.05. The number of rotatable bonds is 6. The van der Waals surface area contributed by atoms with Crippen molar-refractivity contribution in [3.05, 3.63) is 69.3 Å². The van der Waals surface area contributed by atoms with Gasteiger partial charge in [0.2, 0.25) is 0 Å². The van der Waals surface area contributed by atoms with Gasteiger partial charge >= 0.3 is 5.97 Å². The molecule has 0 aliphatic carbocycles. The zero-order valence-corrected chi connectivity index (χ0v) is 15.8. The van der Waals surface area contributed by atoms with Gasteiger partial charge in [-0.1, -0.05) is 29.8 Å². The summed E-state index contributed by atoms with van der Waals surface area (Å²) in [5.74, 6) is -0.424. The van der Waals surface area contributed by atoms with Gasteiger partial charge in [-0.15, -0.1) is 0 Å². The molecule has 2 aromatic rings. The van der Waals surface area contributed by atoms with Crippen LogP contribution in [0.15, 0.2) is 35.9 Å². The van der Waals surface area contributed by atoms with Crippen molar-refractivity contribution >= 4 is 5.97 Å². The highest BCUT2D eigenvalue weighted by atomic mass is 16.4. The molecule has 4 heteroatoms. The topological polar surface area (TPSA) is 77.8 Å². The number of carboxylic acid groups (broad SMARTS) is 1. The van der Waals surface area contributed by atoms with Crippen molar-refractivity contribution in [2.24, 2.45) is 0 Å². The maximum Gasteiger partial charge on any atom is 0.335 e. The van der Waals surface area contributed by atoms with Crippen molar-refractivity contribution in [1.29, 1.82) is 0 Å². The van der Waals surface area contributed by atoms with Crippen molar-refractivity contribution in [3.8, 4) is 11.5 Å². The molecule has 138 valence electrons. The number of hydrogen-bond acceptors (Lipinski definition) is 3. The first-order chi connectivity index (χ1) is 12.2. The minimum Gasteiger partial charge on any atom is -0.507 e. The lowest BCUT2D eigenvalue weighted by molar-refractivity contribution is 0.0696. The van der Waals surface area contributed by atoms with E-state index >= 15 is 0 Å². The van der Waals surface area contributed by atoms with Crippen molar-refractivity contribution < 1.29 is 20.1 Å². The fraction of sp³-hybridized carbons (Fsp3) is 0.318. The molecule has 2 aromatic carbocycles. The minimum atomic E-state index is -0.919. The molecule has 3 N–H and O–H groups in total. The van der Waals surface area contributed by atoms with E-state index in [9.17, 15) is 20.1 Å². The summed E-state index contributed by atoms with van der Waals surface area (Å²) in [6.07, 6.45) is 3.92. The Kier molecular flexibility index (Phi) is 6.09. The maximum atomic E-state index is 11.3. The Morgan fingerprint density at radius 3 is 2.27 bits per heavy atom. The summed E-state index contributed by atoms with van der Waals surface area (Å²) < 4.78 is 0. The van der Waals surface area contributed by atoms with E-state index in [1.165, 1.54) is 0 Å². The zero-order valence-electron chi connectivity index (χ0n) is 15.8. The van der Waals surface area contributed by atoms with Gasteiger partial charge in [0.1, 0.15) is 11.5 Å². The molecule has 4 nitrogen and oxygen atoms in total. The lowest BCUT2D eigenvalue weighted by Crippen LogP contribution is -2.01. The fourth-order valence-corrected chi connectivity index (χ4v) is 3.10. The van der Waals surface area contributed by atoms with E-state index in [0.29, 0.717) is 29.5 Å². The van der Waals surface area contributed by atoms with Crippen LogP contribution in [-0.2, 0) is 12.8 Å². The van der Waals surface area contributed by atoms with Gasteiger partial charge in [0, 0.05) is 5.56 Å². The number of hydrogen-bond donors (Lipinski definition) is 3. The largest absolute Gasteiger partial charge is 0.507 e. The highest BCUT2D eigenvalue weighted by molar-refractivity contribution is 5.89. The molecule has 0 fully saturated rings. The van der Waals surface area contributed by atoms with Gasteiger partial charge in [-0.05, 0) is 75.3 Å². The molecular weight excluding hydrogens is 328 g/mol. The number of aromatic hydroxyl groups is 2. The Labute approximate surface area is 154 Å². The smallest absolute Gasteiger partial charge is 0.335 e. The van der Waals surface area contributed by atoms with Gasteiger partial charge in [0.25, 0.3) is 0 Å². The number of phenols is 2. The third kappa shape index (κ3) is 4.07. The fourth-order valence-electron chi connectivity index (χ4n) is 3.10. The summed E-state index contributed by atoms with van der Waals surface area (Å²) in [7, 11) is 0. The molecule has 0 bridgehead atoms. The molecule has 0 saturated heterocycles. The standard InChI is InChI=1S/C22H26O4/c1-13(9-11-17-7-5-6-8-19(17)22(25)26)10-12-18-16(4)20(23)14(2)15(3)21(18)24/h5-9,23-24H,10-12H2,1-4H3,(H,25,26)/b13-9+. The molecule has 0 heterocycles. The summed E-state index contributed by atoms with van der Waals surface area (Å²) in [4.78, 5) is 11.3. The molecule has 26 heavy (non-hydrogen) atoms. The monoisotopic (exact) mass is 354 g/mol. The third-order valence-electron chi connectivity index (χ3n) is 5.05. The summed E-state index contributed by atoms with van der Waals surface area (Å²) in [5, 5.41) is 29.9. The molecular formula is C22H26O4. The number of allylic oxidation sites excluding steroid dienone is 2. The SMILES string of the molecule is C/C(=C\Cc1ccccc1C(=O)O)CCc1c(C)c(O)c(C)c(C)c1O. The molecule has 0 saturated carbocycles. The number of phenolic OH excluding ortho intramolecular Hbond substituents is 2. The molecule has 2 rings (SSSR count). The van der Waals surface area contributed by atoms with E-state index < -0.39 is 5.97 Å². The van der Waals surface area contributed by atoms with E-state index in [4.69, 9.17) is 0 Å². The molecule has 0 radical (unpaired) electrons. The average molecular weight is 354 g/mol. The highest BCUT2D eigenvalue weighted by Gasteiger charge is 2.16. The quantitative estimate of drug-likeness (QED) is 0.512. The van der Waals surface area contributed by atoms with Crippen LogP contribution >= 0.6 is 0 Å². The molecule has 0 amide bonds. The van der Waals surface area contributed by atoms with Crippen LogP contribution in [-0.4, -0.2) is 21.3 Å². The van der Waals surface area contributed by atoms with Crippen LogP contribution in [0.2, 0.25) is 0 Å². The Balaban J connectivity index is 2.14. The summed E-state index contributed by atoms with van der Waals surface area (Å²) in [6, 6.07) is 7.00. The van der Waals surface area contributed by atoms with E-state index in [1.54, 1.807) is 26.0 Å². The second-order valence-corrected chi connectivity index (χ2v) is 6.77. The van der Waals surface area contributed by atoms with Gasteiger partial charge in [-0.2, -0.15) is 0 Å². The van der Waals surface area contributed by atoms with Crippen molar-refractivity contribution in [3.63, 3.8) is 0 Å². The van der Waals surface area contributed by atoms with Crippen LogP contribution in [0.3, 0.4) is 0 Å². The number of carboxylic acids is 1. The lowest BCUT2D eigenvalue weighted by atomic mass is 9.93. The van der Waals surface area contributed by atoms with Crippen LogP contribution in [0.25, 0.3) is 0 Å². The molecule has 0 atom stereocenters. The van der Waals surface area contributed by atoms with Crippen LogP contribution in [0.4, 0.5) is 0 Å². The van der Waals surface area contributed by atoms with Crippen LogP contribution in [0.1, 0.15) is 51.5 Å². The molecule has 0 aliphatic rings. The normalized spacial score (nSPS) is 11.6. The maximum absolute atomic E-state index is 11.3. The van der Waals surface area contributed by atoms with Gasteiger partial charge in [0.05, 0.1) is 5.56 Å². The summed E-state index contributed by atoms with van der Waals surface area (Å²) >= 11 is 0.